The molecular formula is C15H27NO. The van der Waals surface area contributed by atoms with Crippen LogP contribution in [0.2, 0.25) is 0 Å². The van der Waals surface area contributed by atoms with Crippen molar-refractivity contribution in [3.05, 3.63) is 0 Å². The van der Waals surface area contributed by atoms with Crippen molar-refractivity contribution < 1.29 is 4.74 Å². The summed E-state index contributed by atoms with van der Waals surface area (Å²) in [5.41, 5.74) is 0. The third kappa shape index (κ3) is 6.71. The van der Waals surface area contributed by atoms with Crippen molar-refractivity contribution in [3.63, 3.8) is 0 Å². The highest BCUT2D eigenvalue weighted by Crippen LogP contribution is 2.26. The Morgan fingerprint density at radius 3 is 2.65 bits per heavy atom. The molecule has 0 spiro atoms. The Balaban J connectivity index is 1.89. The summed E-state index contributed by atoms with van der Waals surface area (Å²) in [5, 5.41) is 3.64. The van der Waals surface area contributed by atoms with E-state index in [0.29, 0.717) is 6.61 Å². The molecule has 0 aromatic heterocycles. The predicted molar refractivity (Wildman–Crippen MR) is 72.9 cm³/mol. The van der Waals surface area contributed by atoms with E-state index in [0.717, 1.165) is 38.0 Å². The van der Waals surface area contributed by atoms with Gasteiger partial charge in [-0.3, -0.25) is 0 Å². The Kier molecular flexibility index (Phi) is 8.13. The van der Waals surface area contributed by atoms with Gasteiger partial charge in [0, 0.05) is 19.1 Å². The maximum Gasteiger partial charge on any atom is 0.0575 e. The molecule has 98 valence electrons. The fourth-order valence-electron chi connectivity index (χ4n) is 2.49. The van der Waals surface area contributed by atoms with E-state index in [4.69, 9.17) is 11.2 Å². The molecule has 1 aliphatic carbocycles. The van der Waals surface area contributed by atoms with Crippen LogP contribution in [0.1, 0.15) is 51.9 Å². The first kappa shape index (κ1) is 14.5. The maximum absolute atomic E-state index is 5.42. The van der Waals surface area contributed by atoms with Crippen molar-refractivity contribution in [3.8, 4) is 12.3 Å². The molecule has 0 unspecified atom stereocenters. The van der Waals surface area contributed by atoms with Gasteiger partial charge in [-0.05, 0) is 44.6 Å². The summed E-state index contributed by atoms with van der Waals surface area (Å²) in [7, 11) is 0. The highest BCUT2D eigenvalue weighted by Gasteiger charge is 2.18. The standard InChI is InChI=1S/C15H27NO/c1-3-5-12-17-13-6-11-16-15-9-7-14(4-2)8-10-15/h1,14-16H,4-13H2,2H3. The summed E-state index contributed by atoms with van der Waals surface area (Å²) in [6.45, 7) is 4.93. The van der Waals surface area contributed by atoms with Gasteiger partial charge in [0.05, 0.1) is 6.61 Å². The molecule has 0 radical (unpaired) electrons. The van der Waals surface area contributed by atoms with Crippen LogP contribution in [-0.4, -0.2) is 25.8 Å². The second-order valence-corrected chi connectivity index (χ2v) is 5.00. The zero-order valence-corrected chi connectivity index (χ0v) is 11.2. The minimum atomic E-state index is 0.706. The molecule has 0 amide bonds. The molecule has 0 saturated heterocycles. The van der Waals surface area contributed by atoms with Gasteiger partial charge in [-0.2, -0.15) is 0 Å². The van der Waals surface area contributed by atoms with Crippen LogP contribution in [0.25, 0.3) is 0 Å². The van der Waals surface area contributed by atoms with Gasteiger partial charge in [-0.15, -0.1) is 12.3 Å². The van der Waals surface area contributed by atoms with Gasteiger partial charge < -0.3 is 10.1 Å². The van der Waals surface area contributed by atoms with Crippen LogP contribution in [0.5, 0.6) is 0 Å². The monoisotopic (exact) mass is 237 g/mol. The number of terminal acetylenes is 1. The zero-order valence-electron chi connectivity index (χ0n) is 11.2. The first-order valence-corrected chi connectivity index (χ1v) is 7.11. The summed E-state index contributed by atoms with van der Waals surface area (Å²) in [6.07, 6.45) is 13.9. The summed E-state index contributed by atoms with van der Waals surface area (Å²) in [4.78, 5) is 0. The molecule has 0 bridgehead atoms. The van der Waals surface area contributed by atoms with Gasteiger partial charge in [0.25, 0.3) is 0 Å². The van der Waals surface area contributed by atoms with E-state index in [2.05, 4.69) is 18.2 Å². The lowest BCUT2D eigenvalue weighted by Gasteiger charge is -2.28. The topological polar surface area (TPSA) is 21.3 Å². The van der Waals surface area contributed by atoms with Gasteiger partial charge in [-0.25, -0.2) is 0 Å². The summed E-state index contributed by atoms with van der Waals surface area (Å²) in [6, 6.07) is 0.753. The van der Waals surface area contributed by atoms with Crippen LogP contribution in [0.3, 0.4) is 0 Å². The van der Waals surface area contributed by atoms with Crippen molar-refractivity contribution in [1.82, 2.24) is 5.32 Å². The van der Waals surface area contributed by atoms with Crippen LogP contribution in [0.15, 0.2) is 0 Å². The molecule has 0 aromatic rings. The summed E-state index contributed by atoms with van der Waals surface area (Å²) >= 11 is 0. The van der Waals surface area contributed by atoms with E-state index < -0.39 is 0 Å². The van der Waals surface area contributed by atoms with Crippen LogP contribution in [-0.2, 0) is 4.74 Å². The number of rotatable bonds is 8. The molecule has 2 nitrogen and oxygen atoms in total. The third-order valence-electron chi connectivity index (χ3n) is 3.71. The Hall–Kier alpha value is -0.520. The molecule has 17 heavy (non-hydrogen) atoms. The van der Waals surface area contributed by atoms with Crippen LogP contribution >= 0.6 is 0 Å². The molecular weight excluding hydrogens is 210 g/mol. The zero-order chi connectivity index (χ0) is 12.3. The second-order valence-electron chi connectivity index (χ2n) is 5.00. The number of ether oxygens (including phenoxy) is 1. The predicted octanol–water partition coefficient (Wildman–Crippen LogP) is 2.97. The molecule has 1 N–H and O–H groups in total. The van der Waals surface area contributed by atoms with Gasteiger partial charge in [0.2, 0.25) is 0 Å². The molecule has 1 rings (SSSR count). The molecule has 0 aliphatic heterocycles. The van der Waals surface area contributed by atoms with Crippen molar-refractivity contribution in [1.29, 1.82) is 0 Å². The summed E-state index contributed by atoms with van der Waals surface area (Å²) in [5.74, 6) is 3.57. The molecule has 0 heterocycles. The van der Waals surface area contributed by atoms with Gasteiger partial charge in [0.15, 0.2) is 0 Å². The lowest BCUT2D eigenvalue weighted by molar-refractivity contribution is 0.135. The van der Waals surface area contributed by atoms with Crippen molar-refractivity contribution in [2.75, 3.05) is 19.8 Å². The Morgan fingerprint density at radius 1 is 1.24 bits per heavy atom. The molecule has 1 fully saturated rings. The largest absolute Gasteiger partial charge is 0.380 e. The minimum Gasteiger partial charge on any atom is -0.380 e. The Labute approximate surface area is 107 Å². The smallest absolute Gasteiger partial charge is 0.0575 e. The fraction of sp³-hybridized carbons (Fsp3) is 0.867. The van der Waals surface area contributed by atoms with E-state index in [1.54, 1.807) is 0 Å². The molecule has 1 aliphatic rings. The third-order valence-corrected chi connectivity index (χ3v) is 3.71. The van der Waals surface area contributed by atoms with Crippen molar-refractivity contribution >= 4 is 0 Å². The Bertz CT molecular complexity index is 213. The van der Waals surface area contributed by atoms with E-state index in [1.165, 1.54) is 32.1 Å². The van der Waals surface area contributed by atoms with Gasteiger partial charge in [-0.1, -0.05) is 13.3 Å². The lowest BCUT2D eigenvalue weighted by Crippen LogP contribution is -2.34. The lowest BCUT2D eigenvalue weighted by atomic mass is 9.84. The van der Waals surface area contributed by atoms with Crippen molar-refractivity contribution in [2.45, 2.75) is 57.9 Å². The second kappa shape index (κ2) is 9.50. The minimum absolute atomic E-state index is 0.706. The van der Waals surface area contributed by atoms with Crippen molar-refractivity contribution in [2.24, 2.45) is 5.92 Å². The Morgan fingerprint density at radius 2 is 2.00 bits per heavy atom. The van der Waals surface area contributed by atoms with E-state index in [9.17, 15) is 0 Å². The average molecular weight is 237 g/mol. The molecule has 2 heteroatoms. The number of hydrogen-bond acceptors (Lipinski definition) is 2. The number of hydrogen-bond donors (Lipinski definition) is 1. The summed E-state index contributed by atoms with van der Waals surface area (Å²) < 4.78 is 5.42. The van der Waals surface area contributed by atoms with E-state index >= 15 is 0 Å². The molecule has 1 saturated carbocycles. The van der Waals surface area contributed by atoms with Crippen LogP contribution < -0.4 is 5.32 Å². The van der Waals surface area contributed by atoms with Gasteiger partial charge >= 0.3 is 0 Å². The fourth-order valence-corrected chi connectivity index (χ4v) is 2.49. The number of nitrogens with one attached hydrogen (secondary N) is 1. The van der Waals surface area contributed by atoms with E-state index in [-0.39, 0.29) is 0 Å². The molecule has 0 aromatic carbocycles. The first-order valence-electron chi connectivity index (χ1n) is 7.11. The van der Waals surface area contributed by atoms with Crippen LogP contribution in [0.4, 0.5) is 0 Å². The molecule has 0 atom stereocenters. The highest BCUT2D eigenvalue weighted by atomic mass is 16.5. The highest BCUT2D eigenvalue weighted by molar-refractivity contribution is 4.82. The maximum atomic E-state index is 5.42. The first-order chi connectivity index (χ1) is 8.36. The SMILES string of the molecule is C#CCCOCCCNC1CCC(CC)CC1. The normalized spacial score (nSPS) is 24.5. The average Bonchev–Trinajstić information content (AvgIpc) is 2.38. The van der Waals surface area contributed by atoms with Gasteiger partial charge in [0.1, 0.15) is 0 Å². The van der Waals surface area contributed by atoms with Crippen LogP contribution in [0, 0.1) is 18.3 Å². The van der Waals surface area contributed by atoms with E-state index in [1.807, 2.05) is 0 Å². The quantitative estimate of drug-likeness (QED) is 0.517.